The number of aliphatic hydroxyl groups is 1. The number of nitrogens with zero attached hydrogens (tertiary/aromatic N) is 1. The van der Waals surface area contributed by atoms with Crippen LogP contribution in [0.5, 0.6) is 0 Å². The van der Waals surface area contributed by atoms with Crippen molar-refractivity contribution in [3.63, 3.8) is 0 Å². The van der Waals surface area contributed by atoms with E-state index in [9.17, 15) is 0 Å². The molecule has 10 heavy (non-hydrogen) atoms. The molecule has 2 atom stereocenters. The molecule has 0 aliphatic rings. The molecule has 0 saturated carbocycles. The van der Waals surface area contributed by atoms with Crippen molar-refractivity contribution >= 4 is 0 Å². The molecule has 3 heteroatoms. The number of aliphatic hydroxyl groups excluding tert-OH is 1. The van der Waals surface area contributed by atoms with Crippen LogP contribution in [0.25, 0.3) is 0 Å². The lowest BCUT2D eigenvalue weighted by Gasteiger charge is -2.24. The van der Waals surface area contributed by atoms with Crippen LogP contribution in [0.2, 0.25) is 0 Å². The van der Waals surface area contributed by atoms with Crippen molar-refractivity contribution in [3.05, 3.63) is 0 Å². The second-order valence-electron chi connectivity index (χ2n) is 2.87. The number of hydrogen-bond donors (Lipinski definition) is 2. The first-order valence-corrected chi connectivity index (χ1v) is 3.66. The van der Waals surface area contributed by atoms with Crippen molar-refractivity contribution in [2.45, 2.75) is 26.0 Å². The average Bonchev–Trinajstić information content (AvgIpc) is 1.85. The Balaban J connectivity index is 3.50. The van der Waals surface area contributed by atoms with E-state index in [0.29, 0.717) is 19.1 Å². The average molecular weight is 146 g/mol. The zero-order chi connectivity index (χ0) is 8.15. The molecule has 0 aromatic heterocycles. The highest BCUT2D eigenvalue weighted by Gasteiger charge is 2.08. The van der Waals surface area contributed by atoms with E-state index in [2.05, 4.69) is 0 Å². The predicted octanol–water partition coefficient (Wildman–Crippen LogP) is -0.354. The van der Waals surface area contributed by atoms with Crippen molar-refractivity contribution < 1.29 is 5.11 Å². The first-order valence-electron chi connectivity index (χ1n) is 3.66. The fourth-order valence-electron chi connectivity index (χ4n) is 0.777. The summed E-state index contributed by atoms with van der Waals surface area (Å²) in [6.07, 6.45) is -0.265. The number of hydrogen-bond acceptors (Lipinski definition) is 3. The Bertz CT molecular complexity index is 85.7. The van der Waals surface area contributed by atoms with Crippen LogP contribution in [0, 0.1) is 0 Å². The normalized spacial score (nSPS) is 17.4. The van der Waals surface area contributed by atoms with Gasteiger partial charge >= 0.3 is 0 Å². The van der Waals surface area contributed by atoms with Crippen LogP contribution in [-0.4, -0.2) is 42.3 Å². The van der Waals surface area contributed by atoms with Crippen molar-refractivity contribution in [1.29, 1.82) is 0 Å². The van der Waals surface area contributed by atoms with Crippen LogP contribution in [0.3, 0.4) is 0 Å². The summed E-state index contributed by atoms with van der Waals surface area (Å²) in [6, 6.07) is 0.356. The van der Waals surface area contributed by atoms with Gasteiger partial charge in [-0.25, -0.2) is 0 Å². The van der Waals surface area contributed by atoms with Gasteiger partial charge in [-0.05, 0) is 20.9 Å². The molecule has 0 aromatic carbocycles. The molecule has 0 radical (unpaired) electrons. The molecular formula is C7H18N2O. The molecule has 0 aliphatic heterocycles. The Labute approximate surface area is 62.8 Å². The molecule has 0 aromatic rings. The van der Waals surface area contributed by atoms with E-state index in [1.807, 2.05) is 18.9 Å². The van der Waals surface area contributed by atoms with Crippen LogP contribution in [-0.2, 0) is 0 Å². The summed E-state index contributed by atoms with van der Waals surface area (Å²) in [5.41, 5.74) is 5.43. The fraction of sp³-hybridized carbons (Fsp3) is 1.00. The maximum absolute atomic E-state index is 8.98. The van der Waals surface area contributed by atoms with E-state index in [1.165, 1.54) is 0 Å². The molecule has 3 N–H and O–H groups in total. The summed E-state index contributed by atoms with van der Waals surface area (Å²) in [4.78, 5) is 2.05. The van der Waals surface area contributed by atoms with Gasteiger partial charge in [0.05, 0.1) is 6.10 Å². The van der Waals surface area contributed by atoms with Crippen molar-refractivity contribution in [2.24, 2.45) is 5.73 Å². The van der Waals surface area contributed by atoms with Gasteiger partial charge in [0.2, 0.25) is 0 Å². The van der Waals surface area contributed by atoms with E-state index in [1.54, 1.807) is 6.92 Å². The van der Waals surface area contributed by atoms with Gasteiger partial charge in [0.25, 0.3) is 0 Å². The molecule has 0 amide bonds. The Kier molecular flexibility index (Phi) is 4.60. The second-order valence-corrected chi connectivity index (χ2v) is 2.87. The van der Waals surface area contributed by atoms with Crippen molar-refractivity contribution in [2.75, 3.05) is 20.1 Å². The van der Waals surface area contributed by atoms with Gasteiger partial charge in [-0.3, -0.25) is 4.90 Å². The molecule has 0 spiro atoms. The molecule has 1 unspecified atom stereocenters. The zero-order valence-electron chi connectivity index (χ0n) is 7.04. The first-order chi connectivity index (χ1) is 4.57. The monoisotopic (exact) mass is 146 g/mol. The number of likely N-dealkylation sites (N-methyl/N-ethyl adjacent to an activating group) is 1. The van der Waals surface area contributed by atoms with Gasteiger partial charge in [0.1, 0.15) is 0 Å². The Morgan fingerprint density at radius 2 is 2.00 bits per heavy atom. The SMILES string of the molecule is CC(O)CN(C)[C@@H](C)CN. The molecule has 0 heterocycles. The smallest absolute Gasteiger partial charge is 0.0639 e. The maximum Gasteiger partial charge on any atom is 0.0639 e. The summed E-state index contributed by atoms with van der Waals surface area (Å²) in [7, 11) is 1.96. The summed E-state index contributed by atoms with van der Waals surface area (Å²) >= 11 is 0. The van der Waals surface area contributed by atoms with E-state index >= 15 is 0 Å². The van der Waals surface area contributed by atoms with Gasteiger partial charge < -0.3 is 10.8 Å². The lowest BCUT2D eigenvalue weighted by Crippen LogP contribution is -2.39. The topological polar surface area (TPSA) is 49.5 Å². The highest BCUT2D eigenvalue weighted by Crippen LogP contribution is 1.94. The Morgan fingerprint density at radius 1 is 1.50 bits per heavy atom. The van der Waals surface area contributed by atoms with E-state index in [0.717, 1.165) is 0 Å². The lowest BCUT2D eigenvalue weighted by molar-refractivity contribution is 0.123. The van der Waals surface area contributed by atoms with E-state index in [4.69, 9.17) is 10.8 Å². The molecule has 0 bridgehead atoms. The minimum absolute atomic E-state index is 0.265. The third-order valence-electron chi connectivity index (χ3n) is 1.65. The first kappa shape index (κ1) is 9.88. The van der Waals surface area contributed by atoms with Crippen molar-refractivity contribution in [1.82, 2.24) is 4.90 Å². The lowest BCUT2D eigenvalue weighted by atomic mass is 10.3. The highest BCUT2D eigenvalue weighted by atomic mass is 16.3. The van der Waals surface area contributed by atoms with Crippen LogP contribution < -0.4 is 5.73 Å². The molecule has 0 rings (SSSR count). The molecule has 3 nitrogen and oxygen atoms in total. The molecule has 0 aliphatic carbocycles. The maximum atomic E-state index is 8.98. The summed E-state index contributed by atoms with van der Waals surface area (Å²) < 4.78 is 0. The minimum atomic E-state index is -0.265. The van der Waals surface area contributed by atoms with Crippen LogP contribution in [0.4, 0.5) is 0 Å². The predicted molar refractivity (Wildman–Crippen MR) is 42.8 cm³/mol. The Hall–Kier alpha value is -0.120. The summed E-state index contributed by atoms with van der Waals surface area (Å²) in [5.74, 6) is 0. The van der Waals surface area contributed by atoms with Crippen LogP contribution >= 0.6 is 0 Å². The zero-order valence-corrected chi connectivity index (χ0v) is 7.04. The van der Waals surface area contributed by atoms with E-state index < -0.39 is 0 Å². The molecule has 62 valence electrons. The third-order valence-corrected chi connectivity index (χ3v) is 1.65. The highest BCUT2D eigenvalue weighted by molar-refractivity contribution is 4.65. The van der Waals surface area contributed by atoms with Crippen LogP contribution in [0.15, 0.2) is 0 Å². The fourth-order valence-corrected chi connectivity index (χ4v) is 0.777. The van der Waals surface area contributed by atoms with E-state index in [-0.39, 0.29) is 6.10 Å². The van der Waals surface area contributed by atoms with Crippen molar-refractivity contribution in [3.8, 4) is 0 Å². The molecular weight excluding hydrogens is 128 g/mol. The molecule has 0 fully saturated rings. The van der Waals surface area contributed by atoms with Gasteiger partial charge in [-0.15, -0.1) is 0 Å². The van der Waals surface area contributed by atoms with Gasteiger partial charge in [0, 0.05) is 19.1 Å². The van der Waals surface area contributed by atoms with Gasteiger partial charge in [-0.1, -0.05) is 0 Å². The quantitative estimate of drug-likeness (QED) is 0.570. The molecule has 0 saturated heterocycles. The Morgan fingerprint density at radius 3 is 2.30 bits per heavy atom. The standard InChI is InChI=1S/C7H18N2O/c1-6(4-8)9(3)5-7(2)10/h6-7,10H,4-5,8H2,1-3H3/t6-,7?/m0/s1. The number of nitrogens with two attached hydrogens (primary N) is 1. The summed E-state index contributed by atoms with van der Waals surface area (Å²) in [6.45, 7) is 5.16. The largest absolute Gasteiger partial charge is 0.392 e. The second kappa shape index (κ2) is 4.66. The minimum Gasteiger partial charge on any atom is -0.392 e. The van der Waals surface area contributed by atoms with Crippen LogP contribution in [0.1, 0.15) is 13.8 Å². The van der Waals surface area contributed by atoms with Gasteiger partial charge in [-0.2, -0.15) is 0 Å². The third kappa shape index (κ3) is 3.82. The van der Waals surface area contributed by atoms with Gasteiger partial charge in [0.15, 0.2) is 0 Å². The summed E-state index contributed by atoms with van der Waals surface area (Å²) in [5, 5.41) is 8.98. The number of rotatable bonds is 4.